The van der Waals surface area contributed by atoms with E-state index in [1.807, 2.05) is 31.2 Å². The van der Waals surface area contributed by atoms with E-state index in [4.69, 9.17) is 0 Å². The maximum atomic E-state index is 11.9. The van der Waals surface area contributed by atoms with Gasteiger partial charge in [-0.05, 0) is 49.6 Å². The highest BCUT2D eigenvalue weighted by molar-refractivity contribution is 9.10. The first kappa shape index (κ1) is 20.0. The third-order valence-corrected chi connectivity index (χ3v) is 4.32. The molecule has 138 valence electrons. The van der Waals surface area contributed by atoms with E-state index < -0.39 is 0 Å². The predicted molar refractivity (Wildman–Crippen MR) is 107 cm³/mol. The Hall–Kier alpha value is -2.34. The third kappa shape index (κ3) is 7.27. The van der Waals surface area contributed by atoms with Crippen molar-refractivity contribution >= 4 is 27.9 Å². The zero-order chi connectivity index (χ0) is 18.8. The summed E-state index contributed by atoms with van der Waals surface area (Å²) in [5.41, 5.74) is 2.97. The van der Waals surface area contributed by atoms with E-state index in [1.54, 1.807) is 12.1 Å². The van der Waals surface area contributed by atoms with Gasteiger partial charge in [-0.15, -0.1) is 0 Å². The molecule has 0 radical (unpaired) electrons. The summed E-state index contributed by atoms with van der Waals surface area (Å²) in [7, 11) is 0. The van der Waals surface area contributed by atoms with Gasteiger partial charge in [0.2, 0.25) is 0 Å². The normalized spacial score (nSPS) is 10.2. The number of carbonyl (C=O) groups excluding carboxylic acids is 2. The number of amides is 3. The summed E-state index contributed by atoms with van der Waals surface area (Å²) in [6, 6.07) is 15.3. The zero-order valence-corrected chi connectivity index (χ0v) is 16.4. The number of aryl methyl sites for hydroxylation is 2. The molecule has 2 aromatic rings. The maximum Gasteiger partial charge on any atom is 0.314 e. The average molecular weight is 418 g/mol. The highest BCUT2D eigenvalue weighted by atomic mass is 79.9. The van der Waals surface area contributed by atoms with E-state index in [0.717, 1.165) is 22.9 Å². The van der Waals surface area contributed by atoms with Crippen LogP contribution < -0.4 is 16.0 Å². The van der Waals surface area contributed by atoms with E-state index in [-0.39, 0.29) is 11.9 Å². The van der Waals surface area contributed by atoms with Crippen molar-refractivity contribution in [3.8, 4) is 0 Å². The molecule has 0 fully saturated rings. The molecular formula is C20H24BrN3O2. The fourth-order valence-electron chi connectivity index (χ4n) is 2.41. The molecule has 2 aromatic carbocycles. The summed E-state index contributed by atoms with van der Waals surface area (Å²) in [5.74, 6) is -0.138. The molecule has 0 heterocycles. The summed E-state index contributed by atoms with van der Waals surface area (Å²) in [6.07, 6.45) is 1.78. The Morgan fingerprint density at radius 3 is 2.35 bits per heavy atom. The van der Waals surface area contributed by atoms with Crippen LogP contribution >= 0.6 is 15.9 Å². The molecule has 0 unspecified atom stereocenters. The van der Waals surface area contributed by atoms with Crippen molar-refractivity contribution in [3.05, 3.63) is 69.7 Å². The Kier molecular flexibility index (Phi) is 8.15. The molecule has 5 nitrogen and oxygen atoms in total. The van der Waals surface area contributed by atoms with Crippen LogP contribution in [0.4, 0.5) is 4.79 Å². The number of hydrogen-bond acceptors (Lipinski definition) is 2. The highest BCUT2D eigenvalue weighted by Crippen LogP contribution is 2.12. The van der Waals surface area contributed by atoms with Gasteiger partial charge in [-0.25, -0.2) is 4.79 Å². The Balaban J connectivity index is 1.54. The number of carbonyl (C=O) groups is 2. The van der Waals surface area contributed by atoms with Crippen molar-refractivity contribution in [2.24, 2.45) is 0 Å². The SMILES string of the molecule is Cc1ccc(C(=O)NCCNC(=O)NCCCc2cccc(Br)c2)cc1. The van der Waals surface area contributed by atoms with Crippen LogP contribution in [-0.2, 0) is 6.42 Å². The van der Waals surface area contributed by atoms with Crippen molar-refractivity contribution in [1.29, 1.82) is 0 Å². The van der Waals surface area contributed by atoms with Crippen molar-refractivity contribution in [3.63, 3.8) is 0 Å². The van der Waals surface area contributed by atoms with Crippen LogP contribution in [0.15, 0.2) is 53.0 Å². The van der Waals surface area contributed by atoms with Gasteiger partial charge in [0.05, 0.1) is 0 Å². The Bertz CT molecular complexity index is 732. The van der Waals surface area contributed by atoms with Crippen LogP contribution in [0, 0.1) is 6.92 Å². The fraction of sp³-hybridized carbons (Fsp3) is 0.300. The molecule has 0 aliphatic heterocycles. The number of hydrogen-bond donors (Lipinski definition) is 3. The third-order valence-electron chi connectivity index (χ3n) is 3.83. The molecule has 0 bridgehead atoms. The number of urea groups is 1. The predicted octanol–water partition coefficient (Wildman–Crippen LogP) is 3.42. The first-order valence-electron chi connectivity index (χ1n) is 8.65. The van der Waals surface area contributed by atoms with Gasteiger partial charge >= 0.3 is 6.03 Å². The summed E-state index contributed by atoms with van der Waals surface area (Å²) >= 11 is 3.45. The van der Waals surface area contributed by atoms with E-state index in [9.17, 15) is 9.59 Å². The molecule has 3 N–H and O–H groups in total. The average Bonchev–Trinajstić information content (AvgIpc) is 2.63. The molecule has 0 aromatic heterocycles. The minimum atomic E-state index is -0.219. The number of nitrogens with one attached hydrogen (secondary N) is 3. The van der Waals surface area contributed by atoms with Crippen molar-refractivity contribution in [2.75, 3.05) is 19.6 Å². The lowest BCUT2D eigenvalue weighted by Gasteiger charge is -2.09. The van der Waals surface area contributed by atoms with Gasteiger partial charge in [-0.1, -0.05) is 45.8 Å². The van der Waals surface area contributed by atoms with Gasteiger partial charge in [0, 0.05) is 29.7 Å². The standard InChI is InChI=1S/C20H24BrN3O2/c1-15-7-9-17(10-8-15)19(25)22-12-13-24-20(26)23-11-3-5-16-4-2-6-18(21)14-16/h2,4,6-10,14H,3,5,11-13H2,1H3,(H,22,25)(H2,23,24,26). The number of benzene rings is 2. The van der Waals surface area contributed by atoms with Crippen LogP contribution in [0.2, 0.25) is 0 Å². The largest absolute Gasteiger partial charge is 0.350 e. The van der Waals surface area contributed by atoms with Gasteiger partial charge in [0.25, 0.3) is 5.91 Å². The van der Waals surface area contributed by atoms with Crippen molar-refractivity contribution < 1.29 is 9.59 Å². The first-order valence-corrected chi connectivity index (χ1v) is 9.45. The van der Waals surface area contributed by atoms with Crippen LogP contribution in [0.5, 0.6) is 0 Å². The summed E-state index contributed by atoms with van der Waals surface area (Å²) in [6.45, 7) is 3.35. The second kappa shape index (κ2) is 10.6. The molecule has 0 aliphatic rings. The van der Waals surface area contributed by atoms with Crippen LogP contribution in [0.1, 0.15) is 27.9 Å². The number of rotatable bonds is 8. The first-order chi connectivity index (χ1) is 12.5. The van der Waals surface area contributed by atoms with E-state index in [2.05, 4.69) is 44.0 Å². The minimum absolute atomic E-state index is 0.138. The van der Waals surface area contributed by atoms with E-state index in [1.165, 1.54) is 5.56 Å². The van der Waals surface area contributed by atoms with Crippen LogP contribution in [-0.4, -0.2) is 31.6 Å². The smallest absolute Gasteiger partial charge is 0.314 e. The molecule has 0 spiro atoms. The Morgan fingerprint density at radius 1 is 0.923 bits per heavy atom. The Labute approximate surface area is 162 Å². The number of halogens is 1. The summed E-state index contributed by atoms with van der Waals surface area (Å²) in [4.78, 5) is 23.6. The van der Waals surface area contributed by atoms with Crippen molar-refractivity contribution in [1.82, 2.24) is 16.0 Å². The summed E-state index contributed by atoms with van der Waals surface area (Å²) < 4.78 is 1.06. The lowest BCUT2D eigenvalue weighted by molar-refractivity contribution is 0.0954. The monoisotopic (exact) mass is 417 g/mol. The zero-order valence-electron chi connectivity index (χ0n) is 14.8. The van der Waals surface area contributed by atoms with Crippen LogP contribution in [0.25, 0.3) is 0 Å². The van der Waals surface area contributed by atoms with Crippen molar-refractivity contribution in [2.45, 2.75) is 19.8 Å². The quantitative estimate of drug-likeness (QED) is 0.575. The molecule has 0 saturated heterocycles. The molecule has 0 aliphatic carbocycles. The molecule has 26 heavy (non-hydrogen) atoms. The molecule has 0 saturated carbocycles. The second-order valence-electron chi connectivity index (χ2n) is 6.04. The second-order valence-corrected chi connectivity index (χ2v) is 6.95. The van der Waals surface area contributed by atoms with Gasteiger partial charge in [-0.3, -0.25) is 4.79 Å². The molecule has 6 heteroatoms. The molecule has 2 rings (SSSR count). The summed E-state index contributed by atoms with van der Waals surface area (Å²) in [5, 5.41) is 8.34. The van der Waals surface area contributed by atoms with Gasteiger partial charge in [-0.2, -0.15) is 0 Å². The molecule has 3 amide bonds. The highest BCUT2D eigenvalue weighted by Gasteiger charge is 2.04. The fourth-order valence-corrected chi connectivity index (χ4v) is 2.86. The Morgan fingerprint density at radius 2 is 1.62 bits per heavy atom. The minimum Gasteiger partial charge on any atom is -0.350 e. The van der Waals surface area contributed by atoms with Gasteiger partial charge < -0.3 is 16.0 Å². The topological polar surface area (TPSA) is 70.2 Å². The van der Waals surface area contributed by atoms with Gasteiger partial charge in [0.1, 0.15) is 0 Å². The lowest BCUT2D eigenvalue weighted by atomic mass is 10.1. The molecule has 0 atom stereocenters. The lowest BCUT2D eigenvalue weighted by Crippen LogP contribution is -2.40. The van der Waals surface area contributed by atoms with E-state index in [0.29, 0.717) is 25.2 Å². The van der Waals surface area contributed by atoms with Crippen LogP contribution in [0.3, 0.4) is 0 Å². The van der Waals surface area contributed by atoms with Gasteiger partial charge in [0.15, 0.2) is 0 Å². The van der Waals surface area contributed by atoms with E-state index >= 15 is 0 Å². The maximum absolute atomic E-state index is 11.9. The molecular weight excluding hydrogens is 394 g/mol.